The number of ether oxygens (including phenoxy) is 2. The van der Waals surface area contributed by atoms with Gasteiger partial charge in [0.2, 0.25) is 0 Å². The lowest BCUT2D eigenvalue weighted by Gasteiger charge is -2.16. The van der Waals surface area contributed by atoms with Gasteiger partial charge in [-0.15, -0.1) is 20.2 Å². The van der Waals surface area contributed by atoms with Crippen molar-refractivity contribution in [2.75, 3.05) is 6.61 Å². The summed E-state index contributed by atoms with van der Waals surface area (Å²) in [4.78, 5) is 70.4. The molecule has 2 unspecified atom stereocenters. The molecule has 0 N–H and O–H groups in total. The number of esters is 2. The fourth-order valence-corrected chi connectivity index (χ4v) is 7.26. The molecule has 1 aromatic heterocycles. The van der Waals surface area contributed by atoms with Crippen LogP contribution >= 0.6 is 32.9 Å². The second-order valence-corrected chi connectivity index (χ2v) is 14.5. The predicted molar refractivity (Wildman–Crippen MR) is 187 cm³/mol. The molecule has 0 spiro atoms. The monoisotopic (exact) mass is 740 g/mol. The summed E-state index contributed by atoms with van der Waals surface area (Å²) < 4.78 is 11.7. The Labute approximate surface area is 299 Å². The number of carbonyl (C=O) groups is 3. The Morgan fingerprint density at radius 1 is 0.840 bits per heavy atom. The zero-order valence-corrected chi connectivity index (χ0v) is 29.5. The van der Waals surface area contributed by atoms with E-state index in [4.69, 9.17) is 21.7 Å². The normalized spacial score (nSPS) is 12.1. The minimum Gasteiger partial charge on any atom is -0.426 e. The number of nitrogens with zero attached hydrogens (tertiary/aromatic N) is 2. The first-order valence-electron chi connectivity index (χ1n) is 15.2. The summed E-state index contributed by atoms with van der Waals surface area (Å²) in [6, 6.07) is 20.6. The Bertz CT molecular complexity index is 1900. The van der Waals surface area contributed by atoms with Crippen molar-refractivity contribution in [1.29, 1.82) is 0 Å². The zero-order valence-electron chi connectivity index (χ0n) is 27.1. The molecular weight excluding hydrogens is 709 g/mol. The second-order valence-electron chi connectivity index (χ2n) is 11.6. The van der Waals surface area contributed by atoms with Crippen molar-refractivity contribution in [3.8, 4) is 21.9 Å². The summed E-state index contributed by atoms with van der Waals surface area (Å²) in [6.07, 6.45) is -1.63. The molecule has 2 atom stereocenters. The first-order valence-corrected chi connectivity index (χ1v) is 17.8. The number of hydrogen-bond donors (Lipinski definition) is 0. The van der Waals surface area contributed by atoms with E-state index in [2.05, 4.69) is 23.5 Å². The number of hydrogen-bond acceptors (Lipinski definition) is 14. The molecule has 3 aromatic carbocycles. The van der Waals surface area contributed by atoms with Gasteiger partial charge in [0.25, 0.3) is 10.2 Å². The summed E-state index contributed by atoms with van der Waals surface area (Å²) in [5, 5.41) is 19.0. The van der Waals surface area contributed by atoms with E-state index in [0.29, 0.717) is 11.5 Å². The number of ketones is 1. The molecule has 16 heteroatoms. The molecule has 0 saturated heterocycles. The molecule has 262 valence electrons. The van der Waals surface area contributed by atoms with Crippen molar-refractivity contribution >= 4 is 50.6 Å². The van der Waals surface area contributed by atoms with Crippen LogP contribution in [0.4, 0.5) is 0 Å². The largest absolute Gasteiger partial charge is 0.426 e. The Balaban J connectivity index is 1.56. The van der Waals surface area contributed by atoms with Crippen LogP contribution in [0, 0.1) is 30.0 Å². The third-order valence-electron chi connectivity index (χ3n) is 7.28. The van der Waals surface area contributed by atoms with Gasteiger partial charge in [0, 0.05) is 17.2 Å². The van der Waals surface area contributed by atoms with Crippen LogP contribution in [-0.2, 0) is 32.1 Å². The lowest BCUT2D eigenvalue weighted by Crippen LogP contribution is -2.29. The molecule has 0 aliphatic carbocycles. The van der Waals surface area contributed by atoms with Gasteiger partial charge < -0.3 is 19.1 Å². The highest BCUT2D eigenvalue weighted by Crippen LogP contribution is 2.31. The van der Waals surface area contributed by atoms with Gasteiger partial charge in [-0.05, 0) is 77.1 Å². The fraction of sp³-hybridized carbons (Fsp3) is 0.294. The fourth-order valence-electron chi connectivity index (χ4n) is 4.85. The molecule has 13 nitrogen and oxygen atoms in total. The molecule has 0 fully saturated rings. The first kappa shape index (κ1) is 37.8. The van der Waals surface area contributed by atoms with Gasteiger partial charge in [-0.1, -0.05) is 84.0 Å². The highest BCUT2D eigenvalue weighted by Gasteiger charge is 2.25. The van der Waals surface area contributed by atoms with Crippen molar-refractivity contribution in [3.63, 3.8) is 0 Å². The maximum Gasteiger partial charge on any atom is 0.347 e. The van der Waals surface area contributed by atoms with Crippen LogP contribution in [0.3, 0.4) is 0 Å². The summed E-state index contributed by atoms with van der Waals surface area (Å²) in [6.45, 7) is 5.14. The van der Waals surface area contributed by atoms with Gasteiger partial charge in [0.15, 0.2) is 0 Å². The molecular formula is C34H32N2O11S3. The van der Waals surface area contributed by atoms with E-state index in [1.54, 1.807) is 31.2 Å². The Hall–Kier alpha value is -5.06. The molecule has 50 heavy (non-hydrogen) atoms. The van der Waals surface area contributed by atoms with Gasteiger partial charge in [0.1, 0.15) is 39.4 Å². The molecule has 0 aliphatic rings. The van der Waals surface area contributed by atoms with Gasteiger partial charge in [-0.3, -0.25) is 9.59 Å². The van der Waals surface area contributed by atoms with Crippen LogP contribution in [0.1, 0.15) is 60.2 Å². The van der Waals surface area contributed by atoms with E-state index >= 15 is 0 Å². The molecule has 4 rings (SSSR count). The smallest absolute Gasteiger partial charge is 0.347 e. The van der Waals surface area contributed by atoms with Crippen LogP contribution in [0.5, 0.6) is 11.5 Å². The maximum atomic E-state index is 13.5. The number of rotatable bonds is 17. The van der Waals surface area contributed by atoms with Crippen molar-refractivity contribution < 1.29 is 43.7 Å². The van der Waals surface area contributed by atoms with Crippen molar-refractivity contribution in [2.45, 2.75) is 52.1 Å². The van der Waals surface area contributed by atoms with E-state index in [-0.39, 0.29) is 29.3 Å². The predicted octanol–water partition coefficient (Wildman–Crippen LogP) is 7.62. The number of Topliss-reactive ketones (excluding diaryl/α,β-unsaturated/α-hetero) is 1. The molecule has 0 aliphatic heterocycles. The SMILES string of the molecule is CC(C)Cc1ccc(C(C)C(=O)Cc2ccc(OC(=O)CC(CO[N+](=O)[O-])O[N+](=O)[O-])c(C(=O)Oc3ccc(-c4cc(=S)ss4)cc3)c2)cc1. The van der Waals surface area contributed by atoms with E-state index in [1.165, 1.54) is 44.4 Å². The first-order chi connectivity index (χ1) is 23.8. The van der Waals surface area contributed by atoms with E-state index in [0.717, 1.165) is 26.2 Å². The third-order valence-corrected chi connectivity index (χ3v) is 10.2. The molecule has 4 aromatic rings. The molecule has 0 saturated carbocycles. The Morgan fingerprint density at radius 2 is 1.52 bits per heavy atom. The summed E-state index contributed by atoms with van der Waals surface area (Å²) in [7, 11) is 2.98. The summed E-state index contributed by atoms with van der Waals surface area (Å²) in [5.74, 6) is -2.19. The molecule has 0 amide bonds. The van der Waals surface area contributed by atoms with Crippen molar-refractivity contribution in [2.24, 2.45) is 5.92 Å². The van der Waals surface area contributed by atoms with Crippen molar-refractivity contribution in [1.82, 2.24) is 0 Å². The van der Waals surface area contributed by atoms with Crippen LogP contribution in [0.2, 0.25) is 0 Å². The molecule has 0 bridgehead atoms. The molecule has 0 radical (unpaired) electrons. The summed E-state index contributed by atoms with van der Waals surface area (Å²) in [5.41, 5.74) is 3.12. The van der Waals surface area contributed by atoms with Crippen LogP contribution in [0.15, 0.2) is 72.8 Å². The van der Waals surface area contributed by atoms with Gasteiger partial charge in [-0.25, -0.2) is 4.79 Å². The lowest BCUT2D eigenvalue weighted by atomic mass is 9.91. The maximum absolute atomic E-state index is 13.5. The highest BCUT2D eigenvalue weighted by molar-refractivity contribution is 7.80. The standard InChI is InChI=1S/C34H32N2O11S3/c1-20(2)14-22-4-7-24(8-5-22)21(3)29(37)16-23-6-13-30(46-32(38)17-27(47-36(42)43)19-44-35(40)41)28(15-23)34(39)45-26-11-9-25(10-12-26)31-18-33(48)50-49-31/h4-13,15,18,20-21,27H,14,16-17,19H2,1-3H3. The van der Waals surface area contributed by atoms with Crippen LogP contribution in [-0.4, -0.2) is 40.6 Å². The second kappa shape index (κ2) is 17.6. The molecule has 1 heterocycles. The minimum atomic E-state index is -1.67. The highest BCUT2D eigenvalue weighted by atomic mass is 32.9. The van der Waals surface area contributed by atoms with Gasteiger partial charge in [0.05, 0.1) is 6.42 Å². The van der Waals surface area contributed by atoms with E-state index in [1.807, 2.05) is 30.3 Å². The minimum absolute atomic E-state index is 0.0538. The quantitative estimate of drug-likeness (QED) is 0.0259. The van der Waals surface area contributed by atoms with Gasteiger partial charge >= 0.3 is 11.9 Å². The average Bonchev–Trinajstić information content (AvgIpc) is 3.50. The van der Waals surface area contributed by atoms with Gasteiger partial charge in [-0.2, -0.15) is 0 Å². The Kier molecular flexibility index (Phi) is 13.3. The van der Waals surface area contributed by atoms with E-state index in [9.17, 15) is 34.6 Å². The van der Waals surface area contributed by atoms with Crippen LogP contribution in [0.25, 0.3) is 10.4 Å². The number of benzene rings is 3. The lowest BCUT2D eigenvalue weighted by molar-refractivity contribution is -0.789. The van der Waals surface area contributed by atoms with E-state index < -0.39 is 47.2 Å². The topological polar surface area (TPSA) is 174 Å². The van der Waals surface area contributed by atoms with Crippen molar-refractivity contribution in [3.05, 3.63) is 119 Å². The summed E-state index contributed by atoms with van der Waals surface area (Å²) >= 11 is 5.20. The average molecular weight is 741 g/mol. The third kappa shape index (κ3) is 11.2. The number of carbonyl (C=O) groups excluding carboxylic acids is 3. The van der Waals surface area contributed by atoms with Crippen LogP contribution < -0.4 is 9.47 Å². The Morgan fingerprint density at radius 3 is 2.12 bits per heavy atom. The zero-order chi connectivity index (χ0) is 36.4.